The Labute approximate surface area is 96.3 Å². The second kappa shape index (κ2) is 4.15. The summed E-state index contributed by atoms with van der Waals surface area (Å²) in [4.78, 5) is 3.62. The van der Waals surface area contributed by atoms with Crippen molar-refractivity contribution in [3.63, 3.8) is 0 Å². The summed E-state index contributed by atoms with van der Waals surface area (Å²) in [6, 6.07) is 8.52. The minimum atomic E-state index is -3.67. The van der Waals surface area contributed by atoms with E-state index in [4.69, 9.17) is 21.5 Å². The average Bonchev–Trinajstić information content (AvgIpc) is 2.66. The molecule has 0 aliphatic rings. The first-order valence-electron chi connectivity index (χ1n) is 4.30. The van der Waals surface area contributed by atoms with E-state index in [9.17, 15) is 4.57 Å². The van der Waals surface area contributed by atoms with Crippen molar-refractivity contribution in [1.29, 1.82) is 0 Å². The minimum absolute atomic E-state index is 0.0609. The van der Waals surface area contributed by atoms with Crippen LogP contribution >= 0.6 is 18.1 Å². The zero-order chi connectivity index (χ0) is 11.6. The lowest BCUT2D eigenvalue weighted by molar-refractivity contribution is 0.483. The smallest absolute Gasteiger partial charge is 0.417 e. The number of nitrogen functional groups attached to an aromatic ring is 1. The highest BCUT2D eigenvalue weighted by molar-refractivity contribution is 7.84. The van der Waals surface area contributed by atoms with Crippen LogP contribution in [0.4, 0.5) is 5.95 Å². The van der Waals surface area contributed by atoms with E-state index >= 15 is 0 Å². The van der Waals surface area contributed by atoms with Crippen molar-refractivity contribution in [3.05, 3.63) is 36.7 Å². The van der Waals surface area contributed by atoms with Crippen molar-refractivity contribution in [2.75, 3.05) is 5.73 Å². The Morgan fingerprint density at radius 1 is 1.38 bits per heavy atom. The predicted octanol–water partition coefficient (Wildman–Crippen LogP) is 2.13. The Morgan fingerprint density at radius 2 is 2.06 bits per heavy atom. The van der Waals surface area contributed by atoms with Crippen LogP contribution in [0.15, 0.2) is 36.7 Å². The number of benzene rings is 1. The second-order valence-electron chi connectivity index (χ2n) is 2.86. The largest absolute Gasteiger partial charge is 0.460 e. The first-order valence-corrected chi connectivity index (χ1v) is 6.78. The van der Waals surface area contributed by atoms with Gasteiger partial charge in [-0.25, -0.2) is 4.57 Å². The lowest BCUT2D eigenvalue weighted by atomic mass is 10.3. The summed E-state index contributed by atoms with van der Waals surface area (Å²) >= 11 is 5.76. The molecule has 8 heteroatoms. The van der Waals surface area contributed by atoms with E-state index in [2.05, 4.69) is 10.1 Å². The first-order chi connectivity index (χ1) is 7.59. The van der Waals surface area contributed by atoms with Crippen molar-refractivity contribution < 1.29 is 9.09 Å². The van der Waals surface area contributed by atoms with E-state index in [1.807, 2.05) is 0 Å². The van der Waals surface area contributed by atoms with E-state index in [0.717, 1.165) is 10.8 Å². The van der Waals surface area contributed by atoms with Crippen molar-refractivity contribution in [2.24, 2.45) is 0 Å². The monoisotopic (exact) mass is 258 g/mol. The zero-order valence-electron chi connectivity index (χ0n) is 8.02. The van der Waals surface area contributed by atoms with E-state index in [1.165, 1.54) is 0 Å². The van der Waals surface area contributed by atoms with Gasteiger partial charge in [-0.2, -0.15) is 4.98 Å². The fourth-order valence-electron chi connectivity index (χ4n) is 1.08. The molecule has 2 aromatic rings. The minimum Gasteiger partial charge on any atom is -0.417 e. The Bertz CT molecular complexity index is 530. The van der Waals surface area contributed by atoms with Crippen LogP contribution in [0.1, 0.15) is 0 Å². The van der Waals surface area contributed by atoms with Gasteiger partial charge in [-0.3, -0.25) is 0 Å². The van der Waals surface area contributed by atoms with Crippen LogP contribution < -0.4 is 10.3 Å². The predicted molar refractivity (Wildman–Crippen MR) is 60.4 cm³/mol. The van der Waals surface area contributed by atoms with E-state index in [0.29, 0.717) is 5.75 Å². The number of rotatable bonds is 3. The molecule has 0 saturated heterocycles. The van der Waals surface area contributed by atoms with Crippen molar-refractivity contribution >= 4 is 24.1 Å². The third-order valence-corrected chi connectivity index (χ3v) is 3.58. The van der Waals surface area contributed by atoms with Gasteiger partial charge in [0.25, 0.3) is 0 Å². The molecular formula is C8H8ClN4O2P. The molecule has 0 saturated carbocycles. The highest BCUT2D eigenvalue weighted by atomic mass is 35.7. The SMILES string of the molecule is Nc1ncnn1P(=O)(Cl)Oc1ccccc1. The zero-order valence-corrected chi connectivity index (χ0v) is 9.68. The van der Waals surface area contributed by atoms with Gasteiger partial charge in [0.2, 0.25) is 5.95 Å². The standard InChI is InChI=1S/C8H8ClN4O2P/c9-16(14,13-8(10)11-6-12-13)15-7-4-2-1-3-5-7/h1-6H,(H2,10,11,12). The number of nitrogens with zero attached hydrogens (tertiary/aromatic N) is 3. The molecule has 2 N–H and O–H groups in total. The fourth-order valence-corrected chi connectivity index (χ4v) is 2.59. The van der Waals surface area contributed by atoms with E-state index in [1.54, 1.807) is 30.3 Å². The second-order valence-corrected chi connectivity index (χ2v) is 5.61. The van der Waals surface area contributed by atoms with Gasteiger partial charge in [0, 0.05) is 11.2 Å². The molecule has 0 fully saturated rings. The Hall–Kier alpha value is -1.52. The maximum absolute atomic E-state index is 12.0. The van der Waals surface area contributed by atoms with Gasteiger partial charge in [0.05, 0.1) is 0 Å². The quantitative estimate of drug-likeness (QED) is 0.853. The highest BCUT2D eigenvalue weighted by Crippen LogP contribution is 2.53. The molecule has 0 radical (unpaired) electrons. The number of nitrogens with two attached hydrogens (primary N) is 1. The molecule has 0 aliphatic carbocycles. The molecule has 16 heavy (non-hydrogen) atoms. The van der Waals surface area contributed by atoms with Gasteiger partial charge in [0.15, 0.2) is 0 Å². The maximum Gasteiger partial charge on any atom is 0.460 e. The van der Waals surface area contributed by atoms with E-state index in [-0.39, 0.29) is 5.95 Å². The summed E-state index contributed by atoms with van der Waals surface area (Å²) in [6.45, 7) is -3.67. The molecule has 1 aromatic carbocycles. The summed E-state index contributed by atoms with van der Waals surface area (Å²) < 4.78 is 18.0. The highest BCUT2D eigenvalue weighted by Gasteiger charge is 2.27. The molecule has 0 amide bonds. The summed E-state index contributed by atoms with van der Waals surface area (Å²) in [7, 11) is 0. The fraction of sp³-hybridized carbons (Fsp3) is 0. The van der Waals surface area contributed by atoms with Crippen LogP contribution in [-0.2, 0) is 4.57 Å². The van der Waals surface area contributed by atoms with Crippen LogP contribution in [0, 0.1) is 0 Å². The van der Waals surface area contributed by atoms with Gasteiger partial charge in [-0.15, -0.1) is 9.55 Å². The third-order valence-electron chi connectivity index (χ3n) is 1.74. The van der Waals surface area contributed by atoms with Crippen LogP contribution in [0.2, 0.25) is 0 Å². The van der Waals surface area contributed by atoms with Gasteiger partial charge >= 0.3 is 6.87 Å². The van der Waals surface area contributed by atoms with Crippen molar-refractivity contribution in [3.8, 4) is 5.75 Å². The number of para-hydroxylation sites is 1. The topological polar surface area (TPSA) is 83.0 Å². The first kappa shape index (κ1) is 11.0. The van der Waals surface area contributed by atoms with Gasteiger partial charge in [-0.1, -0.05) is 18.2 Å². The third kappa shape index (κ3) is 2.18. The number of aromatic nitrogens is 3. The van der Waals surface area contributed by atoms with Crippen LogP contribution in [0.3, 0.4) is 0 Å². The Balaban J connectivity index is 2.28. The molecular weight excluding hydrogens is 251 g/mol. The molecule has 0 bridgehead atoms. The maximum atomic E-state index is 12.0. The van der Waals surface area contributed by atoms with Crippen LogP contribution in [0.5, 0.6) is 5.75 Å². The van der Waals surface area contributed by atoms with Crippen molar-refractivity contribution in [1.82, 2.24) is 14.5 Å². The molecule has 2 rings (SSSR count). The van der Waals surface area contributed by atoms with Gasteiger partial charge in [-0.05, 0) is 12.1 Å². The van der Waals surface area contributed by atoms with Crippen LogP contribution in [0.25, 0.3) is 0 Å². The molecule has 0 spiro atoms. The number of halogens is 1. The molecule has 6 nitrogen and oxygen atoms in total. The number of hydrogen-bond donors (Lipinski definition) is 1. The molecule has 0 aliphatic heterocycles. The number of anilines is 1. The van der Waals surface area contributed by atoms with Crippen molar-refractivity contribution in [2.45, 2.75) is 0 Å². The number of hydrogen-bond acceptors (Lipinski definition) is 5. The molecule has 1 unspecified atom stereocenters. The average molecular weight is 259 g/mol. The van der Waals surface area contributed by atoms with Gasteiger partial charge < -0.3 is 10.3 Å². The lowest BCUT2D eigenvalue weighted by Gasteiger charge is -2.12. The molecule has 1 aromatic heterocycles. The van der Waals surface area contributed by atoms with Crippen LogP contribution in [-0.4, -0.2) is 14.5 Å². The molecule has 1 heterocycles. The Morgan fingerprint density at radius 3 is 2.62 bits per heavy atom. The lowest BCUT2D eigenvalue weighted by Crippen LogP contribution is -2.04. The molecule has 1 atom stereocenters. The van der Waals surface area contributed by atoms with E-state index < -0.39 is 6.87 Å². The molecule has 84 valence electrons. The Kier molecular flexibility index (Phi) is 2.85. The summed E-state index contributed by atoms with van der Waals surface area (Å²) in [6.07, 6.45) is 1.15. The summed E-state index contributed by atoms with van der Waals surface area (Å²) in [5, 5.41) is 3.64. The normalized spacial score (nSPS) is 14.3. The summed E-state index contributed by atoms with van der Waals surface area (Å²) in [5.41, 5.74) is 5.43. The summed E-state index contributed by atoms with van der Waals surface area (Å²) in [5.74, 6) is 0.310. The van der Waals surface area contributed by atoms with Gasteiger partial charge in [0.1, 0.15) is 12.1 Å².